The Hall–Kier alpha value is -0.930. The van der Waals surface area contributed by atoms with Crippen LogP contribution in [0.1, 0.15) is 149 Å². The molecular weight excluding hydrogens is 636 g/mol. The molecule has 0 radical (unpaired) electrons. The summed E-state index contributed by atoms with van der Waals surface area (Å²) >= 11 is 0. The van der Waals surface area contributed by atoms with Crippen LogP contribution in [0.5, 0.6) is 0 Å². The van der Waals surface area contributed by atoms with Crippen molar-refractivity contribution in [1.82, 2.24) is 0 Å². The number of hydrogen-bond acceptors (Lipinski definition) is 12. The number of rotatable bonds is 27. The van der Waals surface area contributed by atoms with Gasteiger partial charge in [-0.2, -0.15) is 0 Å². The van der Waals surface area contributed by atoms with Crippen LogP contribution in [-0.2, 0) is 23.7 Å². The molecule has 0 saturated carbocycles. The first kappa shape index (κ1) is 44.2. The lowest BCUT2D eigenvalue weighted by atomic mass is 9.91. The smallest absolute Gasteiger partial charge is 0.306 e. The highest BCUT2D eigenvalue weighted by molar-refractivity contribution is 5.70. The van der Waals surface area contributed by atoms with Crippen molar-refractivity contribution < 1.29 is 59.5 Å². The molecule has 0 aromatic carbocycles. The topological polar surface area (TPSA) is 196 Å². The van der Waals surface area contributed by atoms with E-state index in [1.807, 2.05) is 0 Å². The number of carbonyl (C=O) groups excluding carboxylic acids is 1. The molecule has 2 saturated heterocycles. The van der Waals surface area contributed by atoms with E-state index in [2.05, 4.69) is 13.8 Å². The molecule has 11 atom stereocenters. The number of hydrogen-bond donors (Lipinski definition) is 7. The SMILES string of the molecule is CCCCCCCCCCCCC(CCCCCCCCCC)CC(=O)O[C@@H]1[C@@H](O)[C@@H](O[C@H]2[C@H](O)[C@@H](O)[C@H](O)O[C@@H]2CO)O[C@H](CO)[C@H]1O. The lowest BCUT2D eigenvalue weighted by Crippen LogP contribution is -2.65. The van der Waals surface area contributed by atoms with Crippen molar-refractivity contribution >= 4 is 5.97 Å². The molecule has 12 heteroatoms. The van der Waals surface area contributed by atoms with Crippen LogP contribution in [0.4, 0.5) is 0 Å². The van der Waals surface area contributed by atoms with Crippen LogP contribution >= 0.6 is 0 Å². The Morgan fingerprint density at radius 2 is 1.04 bits per heavy atom. The summed E-state index contributed by atoms with van der Waals surface area (Å²) < 4.78 is 22.0. The zero-order valence-corrected chi connectivity index (χ0v) is 30.3. The summed E-state index contributed by atoms with van der Waals surface area (Å²) in [6.07, 6.45) is 8.07. The predicted molar refractivity (Wildman–Crippen MR) is 184 cm³/mol. The summed E-state index contributed by atoms with van der Waals surface area (Å²) in [6.45, 7) is 3.06. The third-order valence-corrected chi connectivity index (χ3v) is 10.1. The number of ether oxygens (including phenoxy) is 4. The van der Waals surface area contributed by atoms with E-state index in [-0.39, 0.29) is 12.3 Å². The first-order chi connectivity index (χ1) is 23.7. The maximum absolute atomic E-state index is 13.3. The Labute approximate surface area is 294 Å². The van der Waals surface area contributed by atoms with E-state index in [1.54, 1.807) is 0 Å². The van der Waals surface area contributed by atoms with Gasteiger partial charge in [-0.05, 0) is 18.8 Å². The first-order valence-corrected chi connectivity index (χ1v) is 19.5. The molecule has 2 heterocycles. The molecule has 2 aliphatic heterocycles. The Bertz CT molecular complexity index is 831. The van der Waals surface area contributed by atoms with Crippen LogP contribution in [0.15, 0.2) is 0 Å². The normalized spacial score (nSPS) is 31.1. The largest absolute Gasteiger partial charge is 0.456 e. The van der Waals surface area contributed by atoms with Crippen LogP contribution < -0.4 is 0 Å². The van der Waals surface area contributed by atoms with Gasteiger partial charge in [0.15, 0.2) is 18.7 Å². The van der Waals surface area contributed by atoms with Crippen LogP contribution in [0.2, 0.25) is 0 Å². The minimum absolute atomic E-state index is 0.101. The third-order valence-electron chi connectivity index (χ3n) is 10.1. The van der Waals surface area contributed by atoms with Gasteiger partial charge in [0.1, 0.15) is 42.7 Å². The molecular formula is C37H70O12. The molecule has 2 rings (SSSR count). The molecule has 290 valence electrons. The molecule has 7 N–H and O–H groups in total. The first-order valence-electron chi connectivity index (χ1n) is 19.5. The minimum atomic E-state index is -1.77. The van der Waals surface area contributed by atoms with E-state index in [0.717, 1.165) is 38.5 Å². The highest BCUT2D eigenvalue weighted by Gasteiger charge is 2.51. The van der Waals surface area contributed by atoms with E-state index in [9.17, 15) is 40.5 Å². The third kappa shape index (κ3) is 16.1. The summed E-state index contributed by atoms with van der Waals surface area (Å²) in [5.41, 5.74) is 0. The highest BCUT2D eigenvalue weighted by atomic mass is 16.7. The van der Waals surface area contributed by atoms with Gasteiger partial charge in [0.25, 0.3) is 0 Å². The highest BCUT2D eigenvalue weighted by Crippen LogP contribution is 2.31. The van der Waals surface area contributed by atoms with E-state index in [1.165, 1.54) is 89.9 Å². The summed E-state index contributed by atoms with van der Waals surface area (Å²) in [6, 6.07) is 0. The molecule has 2 aliphatic rings. The van der Waals surface area contributed by atoms with Crippen molar-refractivity contribution in [3.05, 3.63) is 0 Å². The average molecular weight is 707 g/mol. The molecule has 0 aromatic rings. The molecule has 0 bridgehead atoms. The van der Waals surface area contributed by atoms with Gasteiger partial charge in [0.2, 0.25) is 0 Å². The van der Waals surface area contributed by atoms with Crippen LogP contribution in [0.3, 0.4) is 0 Å². The minimum Gasteiger partial charge on any atom is -0.456 e. The number of esters is 1. The van der Waals surface area contributed by atoms with Gasteiger partial charge in [-0.1, -0.05) is 129 Å². The number of aliphatic hydroxyl groups is 7. The zero-order valence-electron chi connectivity index (χ0n) is 30.3. The number of aliphatic hydroxyl groups excluding tert-OH is 7. The fourth-order valence-electron chi connectivity index (χ4n) is 6.97. The summed E-state index contributed by atoms with van der Waals surface area (Å²) in [5.74, 6) is -0.478. The number of carbonyl (C=O) groups is 1. The quantitative estimate of drug-likeness (QED) is 0.0480. The van der Waals surface area contributed by atoms with Crippen LogP contribution in [0, 0.1) is 5.92 Å². The standard InChI is InChI=1S/C37H70O12/c1-3-5-7-9-11-13-14-16-18-20-22-26(21-19-17-15-12-10-8-6-4-2)23-29(40)48-35-30(41)27(24-38)47-37(33(35)44)49-34-28(25-39)46-36(45)32(43)31(34)42/h26-28,30-39,41-45H,3-25H2,1-2H3/t26?,27-,28-,30-,31-,32-,33-,34-,35+,36-,37-/m1/s1. The Balaban J connectivity index is 1.95. The van der Waals surface area contributed by atoms with Crippen molar-refractivity contribution in [2.75, 3.05) is 13.2 Å². The van der Waals surface area contributed by atoms with Crippen LogP contribution in [0.25, 0.3) is 0 Å². The zero-order chi connectivity index (χ0) is 36.0. The molecule has 1 unspecified atom stereocenters. The maximum atomic E-state index is 13.3. The van der Waals surface area contributed by atoms with Gasteiger partial charge in [-0.15, -0.1) is 0 Å². The van der Waals surface area contributed by atoms with E-state index in [4.69, 9.17) is 18.9 Å². The van der Waals surface area contributed by atoms with E-state index in [0.29, 0.717) is 0 Å². The molecule has 12 nitrogen and oxygen atoms in total. The van der Waals surface area contributed by atoms with Crippen LogP contribution in [-0.4, -0.2) is 116 Å². The Kier molecular flexibility index (Phi) is 23.4. The van der Waals surface area contributed by atoms with Gasteiger partial charge < -0.3 is 54.7 Å². The van der Waals surface area contributed by atoms with E-state index < -0.39 is 80.6 Å². The van der Waals surface area contributed by atoms with Gasteiger partial charge in [0.05, 0.1) is 13.2 Å². The van der Waals surface area contributed by atoms with E-state index >= 15 is 0 Å². The van der Waals surface area contributed by atoms with Crippen molar-refractivity contribution in [2.24, 2.45) is 5.92 Å². The summed E-state index contributed by atoms with van der Waals surface area (Å²) in [4.78, 5) is 13.3. The second-order valence-electron chi connectivity index (χ2n) is 14.3. The predicted octanol–water partition coefficient (Wildman–Crippen LogP) is 4.00. The average Bonchev–Trinajstić information content (AvgIpc) is 3.09. The van der Waals surface area contributed by atoms with Crippen molar-refractivity contribution in [1.29, 1.82) is 0 Å². The molecule has 0 aliphatic carbocycles. The second kappa shape index (κ2) is 25.9. The summed E-state index contributed by atoms with van der Waals surface area (Å²) in [5, 5.41) is 71.9. The molecule has 2 fully saturated rings. The molecule has 49 heavy (non-hydrogen) atoms. The van der Waals surface area contributed by atoms with Crippen molar-refractivity contribution in [2.45, 2.75) is 210 Å². The van der Waals surface area contributed by atoms with Gasteiger partial charge in [-0.3, -0.25) is 4.79 Å². The fraction of sp³-hybridized carbons (Fsp3) is 0.973. The van der Waals surface area contributed by atoms with Gasteiger partial charge in [-0.25, -0.2) is 0 Å². The Morgan fingerprint density at radius 3 is 1.51 bits per heavy atom. The van der Waals surface area contributed by atoms with Crippen molar-refractivity contribution in [3.63, 3.8) is 0 Å². The second-order valence-corrected chi connectivity index (χ2v) is 14.3. The number of unbranched alkanes of at least 4 members (excludes halogenated alkanes) is 16. The monoisotopic (exact) mass is 706 g/mol. The lowest BCUT2D eigenvalue weighted by molar-refractivity contribution is -0.355. The van der Waals surface area contributed by atoms with Crippen molar-refractivity contribution in [3.8, 4) is 0 Å². The van der Waals surface area contributed by atoms with Gasteiger partial charge in [0, 0.05) is 6.42 Å². The van der Waals surface area contributed by atoms with Gasteiger partial charge >= 0.3 is 5.97 Å². The maximum Gasteiger partial charge on any atom is 0.306 e. The lowest BCUT2D eigenvalue weighted by Gasteiger charge is -2.45. The summed E-state index contributed by atoms with van der Waals surface area (Å²) in [7, 11) is 0. The Morgan fingerprint density at radius 1 is 0.571 bits per heavy atom. The fourth-order valence-corrected chi connectivity index (χ4v) is 6.97. The molecule has 0 amide bonds. The molecule has 0 aromatic heterocycles. The molecule has 0 spiro atoms.